The van der Waals surface area contributed by atoms with E-state index in [1.165, 1.54) is 0 Å². The topological polar surface area (TPSA) is 51.9 Å². The Labute approximate surface area is 175 Å². The van der Waals surface area contributed by atoms with E-state index >= 15 is 0 Å². The van der Waals surface area contributed by atoms with E-state index in [2.05, 4.69) is 12.1 Å². The van der Waals surface area contributed by atoms with Crippen LogP contribution < -0.4 is 4.74 Å². The monoisotopic (exact) mass is 413 g/mol. The van der Waals surface area contributed by atoms with Gasteiger partial charge in [0.15, 0.2) is 0 Å². The quantitative estimate of drug-likeness (QED) is 0.467. The Morgan fingerprint density at radius 3 is 2.66 bits per heavy atom. The second-order valence-electron chi connectivity index (χ2n) is 7.84. The Bertz CT molecular complexity index is 911. The van der Waals surface area contributed by atoms with Gasteiger partial charge < -0.3 is 13.9 Å². The number of carbonyl (C=O) groups excluding carboxylic acids is 1. The normalized spacial score (nSPS) is 11.6. The van der Waals surface area contributed by atoms with Crippen LogP contribution in [0, 0.1) is 0 Å². The molecule has 2 aromatic heterocycles. The third kappa shape index (κ3) is 6.21. The molecule has 3 aromatic rings. The highest BCUT2D eigenvalue weighted by atomic mass is 32.1. The molecule has 0 N–H and O–H groups in total. The highest BCUT2D eigenvalue weighted by Gasteiger charge is 2.18. The third-order valence-corrected chi connectivity index (χ3v) is 5.02. The maximum atomic E-state index is 11.9. The van der Waals surface area contributed by atoms with Gasteiger partial charge in [0, 0.05) is 22.5 Å². The van der Waals surface area contributed by atoms with Crippen molar-refractivity contribution in [2.45, 2.75) is 26.4 Å². The average Bonchev–Trinajstić information content (AvgIpc) is 3.34. The average molecular weight is 414 g/mol. The van der Waals surface area contributed by atoms with Crippen molar-refractivity contribution in [2.75, 3.05) is 26.7 Å². The van der Waals surface area contributed by atoms with Gasteiger partial charge in [-0.15, -0.1) is 11.3 Å². The van der Waals surface area contributed by atoms with Crippen LogP contribution in [0.25, 0.3) is 21.8 Å². The van der Waals surface area contributed by atoms with Gasteiger partial charge in [0.2, 0.25) is 0 Å². The van der Waals surface area contributed by atoms with E-state index in [4.69, 9.17) is 13.9 Å². The Balaban J connectivity index is 1.64. The second-order valence-corrected chi connectivity index (χ2v) is 8.79. The van der Waals surface area contributed by atoms with Crippen molar-refractivity contribution in [3.8, 4) is 27.5 Å². The van der Waals surface area contributed by atoms with Crippen molar-refractivity contribution in [3.63, 3.8) is 0 Å². The maximum absolute atomic E-state index is 11.9. The molecule has 0 aliphatic heterocycles. The molecular formula is C23H27NO4S. The molecule has 6 heteroatoms. The van der Waals surface area contributed by atoms with Crippen molar-refractivity contribution in [1.29, 1.82) is 0 Å². The number of esters is 1. The van der Waals surface area contributed by atoms with Gasteiger partial charge in [-0.2, -0.15) is 0 Å². The molecule has 5 nitrogen and oxygen atoms in total. The van der Waals surface area contributed by atoms with Gasteiger partial charge in [-0.05, 0) is 69.6 Å². The zero-order valence-electron chi connectivity index (χ0n) is 17.3. The van der Waals surface area contributed by atoms with Crippen LogP contribution >= 0.6 is 11.3 Å². The number of nitrogens with zero attached hydrogens (tertiary/aromatic N) is 1. The number of hydrogen-bond acceptors (Lipinski definition) is 6. The van der Waals surface area contributed by atoms with E-state index in [9.17, 15) is 4.79 Å². The summed E-state index contributed by atoms with van der Waals surface area (Å²) < 4.78 is 17.0. The molecule has 0 radical (unpaired) electrons. The van der Waals surface area contributed by atoms with Crippen molar-refractivity contribution in [3.05, 3.63) is 54.1 Å². The highest BCUT2D eigenvalue weighted by Crippen LogP contribution is 2.36. The van der Waals surface area contributed by atoms with E-state index in [0.29, 0.717) is 13.2 Å². The van der Waals surface area contributed by atoms with Crippen LogP contribution in [0.5, 0.6) is 5.75 Å². The predicted octanol–water partition coefficient (Wildman–Crippen LogP) is 5.33. The summed E-state index contributed by atoms with van der Waals surface area (Å²) >= 11 is 1.67. The minimum Gasteiger partial charge on any atom is -0.492 e. The van der Waals surface area contributed by atoms with Gasteiger partial charge in [-0.3, -0.25) is 9.69 Å². The Morgan fingerprint density at radius 2 is 2.00 bits per heavy atom. The lowest BCUT2D eigenvalue weighted by atomic mass is 10.1. The van der Waals surface area contributed by atoms with E-state index in [1.54, 1.807) is 17.6 Å². The summed E-state index contributed by atoms with van der Waals surface area (Å²) in [6, 6.07) is 14.0. The smallest absolute Gasteiger partial charge is 0.320 e. The molecule has 0 saturated heterocycles. The molecule has 0 atom stereocenters. The van der Waals surface area contributed by atoms with Gasteiger partial charge in [-0.25, -0.2) is 0 Å². The summed E-state index contributed by atoms with van der Waals surface area (Å²) in [7, 11) is 1.88. The molecular weight excluding hydrogens is 386 g/mol. The zero-order chi connectivity index (χ0) is 20.9. The molecule has 0 unspecified atom stereocenters. The number of benzene rings is 1. The SMILES string of the molecule is CN(CCOc1ccc(-c2ccco2)cc1-c1cccs1)CC(=O)OC(C)(C)C. The van der Waals surface area contributed by atoms with E-state index in [1.807, 2.05) is 68.4 Å². The molecule has 0 saturated carbocycles. The van der Waals surface area contributed by atoms with Gasteiger partial charge >= 0.3 is 5.97 Å². The number of ether oxygens (including phenoxy) is 2. The molecule has 3 rings (SSSR count). The molecule has 29 heavy (non-hydrogen) atoms. The Hall–Kier alpha value is -2.57. The number of hydrogen-bond donors (Lipinski definition) is 0. The minimum atomic E-state index is -0.472. The number of thiophene rings is 1. The maximum Gasteiger partial charge on any atom is 0.320 e. The van der Waals surface area contributed by atoms with Crippen LogP contribution in [0.4, 0.5) is 0 Å². The first-order chi connectivity index (χ1) is 13.8. The molecule has 0 bridgehead atoms. The van der Waals surface area contributed by atoms with E-state index < -0.39 is 5.60 Å². The van der Waals surface area contributed by atoms with E-state index in [-0.39, 0.29) is 12.5 Å². The predicted molar refractivity (Wildman–Crippen MR) is 116 cm³/mol. The standard InChI is InChI=1S/C23H27NO4S/c1-23(2,3)28-22(25)16-24(4)11-13-27-20-10-9-17(19-7-5-12-26-19)15-18(20)21-8-6-14-29-21/h5-10,12,14-15H,11,13,16H2,1-4H3. The van der Waals surface area contributed by atoms with Crippen LogP contribution in [0.1, 0.15) is 20.8 Å². The van der Waals surface area contributed by atoms with Gasteiger partial charge in [0.25, 0.3) is 0 Å². The summed E-state index contributed by atoms with van der Waals surface area (Å²) in [5.41, 5.74) is 1.57. The summed E-state index contributed by atoms with van der Waals surface area (Å²) in [5.74, 6) is 1.40. The zero-order valence-corrected chi connectivity index (χ0v) is 18.1. The fourth-order valence-electron chi connectivity index (χ4n) is 2.86. The Morgan fingerprint density at radius 1 is 1.17 bits per heavy atom. The summed E-state index contributed by atoms with van der Waals surface area (Å²) in [6.45, 7) is 6.92. The molecule has 0 aliphatic carbocycles. The fourth-order valence-corrected chi connectivity index (χ4v) is 3.61. The highest BCUT2D eigenvalue weighted by molar-refractivity contribution is 7.13. The first kappa shape index (κ1) is 21.1. The number of likely N-dealkylation sites (N-methyl/N-ethyl adjacent to an activating group) is 1. The van der Waals surface area contributed by atoms with Crippen molar-refractivity contribution in [2.24, 2.45) is 0 Å². The van der Waals surface area contributed by atoms with Gasteiger partial charge in [0.05, 0.1) is 12.8 Å². The molecule has 1 aromatic carbocycles. The summed E-state index contributed by atoms with van der Waals surface area (Å²) in [6.07, 6.45) is 1.67. The Kier molecular flexibility index (Phi) is 6.77. The summed E-state index contributed by atoms with van der Waals surface area (Å²) in [5, 5.41) is 2.05. The molecule has 0 spiro atoms. The number of furan rings is 1. The fraction of sp³-hybridized carbons (Fsp3) is 0.348. The minimum absolute atomic E-state index is 0.232. The van der Waals surface area contributed by atoms with Crippen LogP contribution in [0.15, 0.2) is 58.5 Å². The lowest BCUT2D eigenvalue weighted by Crippen LogP contribution is -2.34. The molecule has 0 amide bonds. The van der Waals surface area contributed by atoms with Crippen LogP contribution in [0.3, 0.4) is 0 Å². The second kappa shape index (κ2) is 9.29. The van der Waals surface area contributed by atoms with Crippen molar-refractivity contribution < 1.29 is 18.7 Å². The summed E-state index contributed by atoms with van der Waals surface area (Å²) in [4.78, 5) is 15.0. The molecule has 2 heterocycles. The first-order valence-electron chi connectivity index (χ1n) is 9.57. The number of carbonyl (C=O) groups is 1. The lowest BCUT2D eigenvalue weighted by Gasteiger charge is -2.22. The van der Waals surface area contributed by atoms with Crippen molar-refractivity contribution in [1.82, 2.24) is 4.90 Å². The largest absolute Gasteiger partial charge is 0.492 e. The van der Waals surface area contributed by atoms with Crippen LogP contribution in [0.2, 0.25) is 0 Å². The lowest BCUT2D eigenvalue weighted by molar-refractivity contribution is -0.155. The molecule has 154 valence electrons. The van der Waals surface area contributed by atoms with Crippen LogP contribution in [-0.4, -0.2) is 43.2 Å². The third-order valence-electron chi connectivity index (χ3n) is 4.12. The van der Waals surface area contributed by atoms with E-state index in [0.717, 1.165) is 27.5 Å². The first-order valence-corrected chi connectivity index (χ1v) is 10.4. The van der Waals surface area contributed by atoms with Gasteiger partial charge in [-0.1, -0.05) is 6.07 Å². The van der Waals surface area contributed by atoms with Crippen molar-refractivity contribution >= 4 is 17.3 Å². The van der Waals surface area contributed by atoms with Gasteiger partial charge in [0.1, 0.15) is 23.7 Å². The van der Waals surface area contributed by atoms with Crippen LogP contribution in [-0.2, 0) is 9.53 Å². The number of rotatable bonds is 8. The molecule has 0 aliphatic rings. The molecule has 0 fully saturated rings.